The molecular formula is C11H15N3O. The number of nitrogens with zero attached hydrogens (tertiary/aromatic N) is 2. The number of carbonyl (C=O) groups is 1. The molecule has 1 amide bonds. The maximum Gasteiger partial charge on any atom is 0.237 e. The van der Waals surface area contributed by atoms with Gasteiger partial charge in [-0.05, 0) is 24.6 Å². The van der Waals surface area contributed by atoms with E-state index >= 15 is 0 Å². The summed E-state index contributed by atoms with van der Waals surface area (Å²) in [5, 5.41) is 2.85. The first-order valence-corrected chi connectivity index (χ1v) is 5.18. The first-order valence-electron chi connectivity index (χ1n) is 5.18. The maximum atomic E-state index is 11.4. The van der Waals surface area contributed by atoms with Gasteiger partial charge in [0.2, 0.25) is 5.91 Å². The van der Waals surface area contributed by atoms with Gasteiger partial charge in [0, 0.05) is 32.0 Å². The van der Waals surface area contributed by atoms with Crippen molar-refractivity contribution in [3.63, 3.8) is 0 Å². The van der Waals surface area contributed by atoms with Gasteiger partial charge in [0.1, 0.15) is 0 Å². The van der Waals surface area contributed by atoms with Crippen LogP contribution in [0.4, 0.5) is 0 Å². The number of amides is 1. The first kappa shape index (κ1) is 10.1. The van der Waals surface area contributed by atoms with Crippen molar-refractivity contribution in [1.29, 1.82) is 0 Å². The number of hydrogen-bond acceptors (Lipinski definition) is 3. The van der Waals surface area contributed by atoms with Crippen LogP contribution in [-0.2, 0) is 11.3 Å². The van der Waals surface area contributed by atoms with Crippen LogP contribution in [-0.4, -0.2) is 34.9 Å². The summed E-state index contributed by atoms with van der Waals surface area (Å²) in [5.74, 6) is 0.121. The molecule has 4 heteroatoms. The average molecular weight is 205 g/mol. The lowest BCUT2D eigenvalue weighted by molar-refractivity contribution is -0.128. The average Bonchev–Trinajstić information content (AvgIpc) is 2.26. The zero-order valence-corrected chi connectivity index (χ0v) is 8.81. The van der Waals surface area contributed by atoms with Crippen LogP contribution in [0.3, 0.4) is 0 Å². The molecule has 80 valence electrons. The summed E-state index contributed by atoms with van der Waals surface area (Å²) in [6.07, 6.45) is 3.56. The topological polar surface area (TPSA) is 45.2 Å². The fourth-order valence-corrected chi connectivity index (χ4v) is 1.77. The molecule has 1 N–H and O–H groups in total. The van der Waals surface area contributed by atoms with Gasteiger partial charge in [-0.1, -0.05) is 0 Å². The van der Waals surface area contributed by atoms with Crippen LogP contribution in [0, 0.1) is 0 Å². The third kappa shape index (κ3) is 2.33. The maximum absolute atomic E-state index is 11.4. The van der Waals surface area contributed by atoms with Crippen molar-refractivity contribution < 1.29 is 4.79 Å². The Bertz CT molecular complexity index is 339. The van der Waals surface area contributed by atoms with Crippen LogP contribution in [0.25, 0.3) is 0 Å². The highest BCUT2D eigenvalue weighted by molar-refractivity contribution is 5.81. The van der Waals surface area contributed by atoms with E-state index in [4.69, 9.17) is 0 Å². The van der Waals surface area contributed by atoms with Crippen molar-refractivity contribution in [2.75, 3.05) is 13.1 Å². The predicted molar refractivity (Wildman–Crippen MR) is 57.1 cm³/mol. The molecule has 1 aromatic heterocycles. The number of piperazine rings is 1. The van der Waals surface area contributed by atoms with E-state index in [2.05, 4.69) is 15.2 Å². The monoisotopic (exact) mass is 205 g/mol. The highest BCUT2D eigenvalue weighted by Gasteiger charge is 2.24. The van der Waals surface area contributed by atoms with Crippen molar-refractivity contribution in [1.82, 2.24) is 15.2 Å². The van der Waals surface area contributed by atoms with E-state index in [1.165, 1.54) is 5.56 Å². The van der Waals surface area contributed by atoms with Crippen molar-refractivity contribution in [2.24, 2.45) is 0 Å². The smallest absolute Gasteiger partial charge is 0.237 e. The molecule has 2 heterocycles. The molecule has 1 aromatic rings. The molecule has 1 unspecified atom stereocenters. The molecule has 1 aliphatic heterocycles. The Labute approximate surface area is 89.3 Å². The largest absolute Gasteiger partial charge is 0.353 e. The quantitative estimate of drug-likeness (QED) is 0.760. The van der Waals surface area contributed by atoms with E-state index in [1.54, 1.807) is 12.4 Å². The second-order valence-corrected chi connectivity index (χ2v) is 3.79. The van der Waals surface area contributed by atoms with Crippen LogP contribution < -0.4 is 5.32 Å². The van der Waals surface area contributed by atoms with Gasteiger partial charge in [0.05, 0.1) is 6.04 Å². The molecule has 1 fully saturated rings. The standard InChI is InChI=1S/C11H15N3O/c1-9-11(15)13-6-7-14(9)8-10-2-4-12-5-3-10/h2-5,9H,6-8H2,1H3,(H,13,15). The Morgan fingerprint density at radius 1 is 1.53 bits per heavy atom. The van der Waals surface area contributed by atoms with Crippen molar-refractivity contribution in [3.8, 4) is 0 Å². The second kappa shape index (κ2) is 4.40. The summed E-state index contributed by atoms with van der Waals surface area (Å²) < 4.78 is 0. The van der Waals surface area contributed by atoms with Gasteiger partial charge in [0.25, 0.3) is 0 Å². The summed E-state index contributed by atoms with van der Waals surface area (Å²) in [5.41, 5.74) is 1.20. The third-order valence-electron chi connectivity index (χ3n) is 2.76. The van der Waals surface area contributed by atoms with Gasteiger partial charge >= 0.3 is 0 Å². The minimum absolute atomic E-state index is 0.0353. The summed E-state index contributed by atoms with van der Waals surface area (Å²) >= 11 is 0. The van der Waals surface area contributed by atoms with Crippen molar-refractivity contribution in [2.45, 2.75) is 19.5 Å². The van der Waals surface area contributed by atoms with Crippen molar-refractivity contribution in [3.05, 3.63) is 30.1 Å². The lowest BCUT2D eigenvalue weighted by Crippen LogP contribution is -2.53. The molecule has 0 radical (unpaired) electrons. The Balaban J connectivity index is 2.02. The van der Waals surface area contributed by atoms with Gasteiger partial charge in [-0.3, -0.25) is 14.7 Å². The molecule has 4 nitrogen and oxygen atoms in total. The number of carbonyl (C=O) groups excluding carboxylic acids is 1. The number of aromatic nitrogens is 1. The molecule has 1 aliphatic rings. The van der Waals surface area contributed by atoms with Crippen LogP contribution in [0.5, 0.6) is 0 Å². The van der Waals surface area contributed by atoms with Gasteiger partial charge in [0.15, 0.2) is 0 Å². The molecule has 0 aromatic carbocycles. The fraction of sp³-hybridized carbons (Fsp3) is 0.455. The van der Waals surface area contributed by atoms with Gasteiger partial charge in [-0.2, -0.15) is 0 Å². The summed E-state index contributed by atoms with van der Waals surface area (Å²) in [7, 11) is 0. The van der Waals surface area contributed by atoms with Gasteiger partial charge < -0.3 is 5.32 Å². The Morgan fingerprint density at radius 3 is 3.00 bits per heavy atom. The fourth-order valence-electron chi connectivity index (χ4n) is 1.77. The molecule has 2 rings (SSSR count). The van der Waals surface area contributed by atoms with E-state index in [1.807, 2.05) is 19.1 Å². The number of rotatable bonds is 2. The third-order valence-corrected chi connectivity index (χ3v) is 2.76. The van der Waals surface area contributed by atoms with Crippen LogP contribution >= 0.6 is 0 Å². The highest BCUT2D eigenvalue weighted by Crippen LogP contribution is 2.09. The Morgan fingerprint density at radius 2 is 2.27 bits per heavy atom. The molecule has 0 saturated carbocycles. The minimum atomic E-state index is -0.0353. The van der Waals surface area contributed by atoms with Crippen molar-refractivity contribution >= 4 is 5.91 Å². The summed E-state index contributed by atoms with van der Waals surface area (Å²) in [4.78, 5) is 17.6. The summed E-state index contributed by atoms with van der Waals surface area (Å²) in [6, 6.07) is 3.94. The number of hydrogen-bond donors (Lipinski definition) is 1. The number of pyridine rings is 1. The Hall–Kier alpha value is -1.42. The van der Waals surface area contributed by atoms with Crippen LogP contribution in [0.2, 0.25) is 0 Å². The van der Waals surface area contributed by atoms with E-state index in [0.29, 0.717) is 0 Å². The SMILES string of the molecule is CC1C(=O)NCCN1Cc1ccncc1. The molecule has 15 heavy (non-hydrogen) atoms. The zero-order valence-electron chi connectivity index (χ0n) is 8.81. The van der Waals surface area contributed by atoms with E-state index in [0.717, 1.165) is 19.6 Å². The molecule has 1 saturated heterocycles. The first-order chi connectivity index (χ1) is 7.27. The molecule has 0 aliphatic carbocycles. The predicted octanol–water partition coefficient (Wildman–Crippen LogP) is 0.402. The highest BCUT2D eigenvalue weighted by atomic mass is 16.2. The van der Waals surface area contributed by atoms with E-state index < -0.39 is 0 Å². The normalized spacial score (nSPS) is 22.5. The van der Waals surface area contributed by atoms with Crippen LogP contribution in [0.15, 0.2) is 24.5 Å². The lowest BCUT2D eigenvalue weighted by Gasteiger charge is -2.32. The molecule has 0 spiro atoms. The van der Waals surface area contributed by atoms with Gasteiger partial charge in [-0.25, -0.2) is 0 Å². The zero-order chi connectivity index (χ0) is 10.7. The number of nitrogens with one attached hydrogen (secondary N) is 1. The van der Waals surface area contributed by atoms with E-state index in [-0.39, 0.29) is 11.9 Å². The molecular weight excluding hydrogens is 190 g/mol. The molecule has 1 atom stereocenters. The van der Waals surface area contributed by atoms with Crippen LogP contribution in [0.1, 0.15) is 12.5 Å². The van der Waals surface area contributed by atoms with Gasteiger partial charge in [-0.15, -0.1) is 0 Å². The minimum Gasteiger partial charge on any atom is -0.353 e. The lowest BCUT2D eigenvalue weighted by atomic mass is 10.1. The van der Waals surface area contributed by atoms with E-state index in [9.17, 15) is 4.79 Å². The Kier molecular flexibility index (Phi) is 2.97. The second-order valence-electron chi connectivity index (χ2n) is 3.79. The summed E-state index contributed by atoms with van der Waals surface area (Å²) in [6.45, 7) is 4.41. The molecule has 0 bridgehead atoms.